The monoisotopic (exact) mass is 344 g/mol. The van der Waals surface area contributed by atoms with Crippen LogP contribution in [0, 0.1) is 19.8 Å². The molecule has 25 heavy (non-hydrogen) atoms. The first-order valence-electron chi connectivity index (χ1n) is 8.43. The fourth-order valence-corrected chi connectivity index (χ4v) is 3.15. The van der Waals surface area contributed by atoms with E-state index in [0.29, 0.717) is 18.7 Å². The number of hydrogen-bond acceptors (Lipinski definition) is 5. The summed E-state index contributed by atoms with van der Waals surface area (Å²) in [4.78, 5) is 21.0. The van der Waals surface area contributed by atoms with Crippen molar-refractivity contribution in [3.63, 3.8) is 0 Å². The molecule has 0 radical (unpaired) electrons. The second kappa shape index (κ2) is 7.23. The highest BCUT2D eigenvalue weighted by atomic mass is 16.5. The molecule has 2 heterocycles. The molecule has 1 fully saturated rings. The Bertz CT molecular complexity index is 735. The Morgan fingerprint density at radius 3 is 2.68 bits per heavy atom. The number of aliphatic hydroxyl groups is 1. The lowest BCUT2D eigenvalue weighted by Crippen LogP contribution is -2.42. The Labute approximate surface area is 147 Å². The first-order valence-corrected chi connectivity index (χ1v) is 8.43. The molecule has 0 spiro atoms. The van der Waals surface area contributed by atoms with Gasteiger partial charge in [-0.05, 0) is 38.2 Å². The quantitative estimate of drug-likeness (QED) is 0.829. The average molecular weight is 344 g/mol. The van der Waals surface area contributed by atoms with E-state index in [-0.39, 0.29) is 30.5 Å². The van der Waals surface area contributed by atoms with E-state index in [1.165, 1.54) is 0 Å². The summed E-state index contributed by atoms with van der Waals surface area (Å²) in [6, 6.07) is 3.53. The summed E-state index contributed by atoms with van der Waals surface area (Å²) < 4.78 is 6.93. The lowest BCUT2D eigenvalue weighted by atomic mass is 9.75. The second-order valence-corrected chi connectivity index (χ2v) is 6.61. The Hall–Kier alpha value is -2.41. The number of nitrogens with one attached hydrogen (secondary N) is 1. The molecule has 1 aliphatic carbocycles. The van der Waals surface area contributed by atoms with Crippen molar-refractivity contribution >= 4 is 5.91 Å². The number of amides is 1. The van der Waals surface area contributed by atoms with Crippen molar-refractivity contribution in [1.82, 2.24) is 19.9 Å². The number of ether oxygens (including phenoxy) is 1. The summed E-state index contributed by atoms with van der Waals surface area (Å²) in [5.41, 5.74) is 2.83. The van der Waals surface area contributed by atoms with Crippen LogP contribution in [0.3, 0.4) is 0 Å². The smallest absolute Gasteiger partial charge is 0.240 e. The van der Waals surface area contributed by atoms with Crippen LogP contribution in [-0.4, -0.2) is 38.8 Å². The van der Waals surface area contributed by atoms with E-state index in [9.17, 15) is 9.90 Å². The number of aryl methyl sites for hydroxylation is 1. The fraction of sp³-hybridized carbons (Fsp3) is 0.500. The topological polar surface area (TPSA) is 89.3 Å². The molecule has 0 bridgehead atoms. The molecule has 3 rings (SSSR count). The van der Waals surface area contributed by atoms with E-state index in [0.717, 1.165) is 17.0 Å². The predicted molar refractivity (Wildman–Crippen MR) is 92.1 cm³/mol. The van der Waals surface area contributed by atoms with Gasteiger partial charge >= 0.3 is 0 Å². The normalized spacial score (nSPS) is 20.6. The summed E-state index contributed by atoms with van der Waals surface area (Å²) >= 11 is 0. The Morgan fingerprint density at radius 2 is 2.16 bits per heavy atom. The molecule has 0 aromatic carbocycles. The maximum absolute atomic E-state index is 12.5. The van der Waals surface area contributed by atoms with Gasteiger partial charge in [-0.15, -0.1) is 0 Å². The van der Waals surface area contributed by atoms with Crippen LogP contribution < -0.4 is 10.1 Å². The number of imidazole rings is 1. The molecular weight excluding hydrogens is 320 g/mol. The van der Waals surface area contributed by atoms with Crippen molar-refractivity contribution in [1.29, 1.82) is 0 Å². The standard InChI is InChI=1S/C18H24N4O3/c1-11-12(2)22(10-20-11)9-16(24)21-18(14-6-15(23)7-14)13-4-5-17(25-3)19-8-13/h4-5,8,10,14-15,18,23H,6-7,9H2,1-3H3,(H,21,24)/t14?,15?,18-/m0/s1. The van der Waals surface area contributed by atoms with Gasteiger partial charge in [0.25, 0.3) is 0 Å². The van der Waals surface area contributed by atoms with Crippen molar-refractivity contribution in [3.8, 4) is 5.88 Å². The van der Waals surface area contributed by atoms with Crippen molar-refractivity contribution in [2.75, 3.05) is 7.11 Å². The third-order valence-corrected chi connectivity index (χ3v) is 4.92. The van der Waals surface area contributed by atoms with Gasteiger partial charge in [0.15, 0.2) is 0 Å². The maximum atomic E-state index is 12.5. The van der Waals surface area contributed by atoms with Gasteiger partial charge in [-0.25, -0.2) is 9.97 Å². The summed E-state index contributed by atoms with van der Waals surface area (Å²) in [7, 11) is 1.57. The highest BCUT2D eigenvalue weighted by Gasteiger charge is 2.35. The third kappa shape index (κ3) is 3.82. The molecule has 134 valence electrons. The Kier molecular flexibility index (Phi) is 5.03. The summed E-state index contributed by atoms with van der Waals surface area (Å²) in [6.07, 6.45) is 4.48. The van der Waals surface area contributed by atoms with Gasteiger partial charge in [0.05, 0.1) is 31.3 Å². The lowest BCUT2D eigenvalue weighted by Gasteiger charge is -2.38. The zero-order valence-electron chi connectivity index (χ0n) is 14.8. The van der Waals surface area contributed by atoms with Crippen molar-refractivity contribution < 1.29 is 14.6 Å². The third-order valence-electron chi connectivity index (χ3n) is 4.92. The number of pyridine rings is 1. The number of nitrogens with zero attached hydrogens (tertiary/aromatic N) is 3. The van der Waals surface area contributed by atoms with Crippen LogP contribution in [0.2, 0.25) is 0 Å². The van der Waals surface area contributed by atoms with Gasteiger partial charge < -0.3 is 19.7 Å². The van der Waals surface area contributed by atoms with Gasteiger partial charge in [0.1, 0.15) is 6.54 Å². The molecule has 2 aromatic heterocycles. The van der Waals surface area contributed by atoms with Gasteiger partial charge in [0, 0.05) is 18.0 Å². The minimum atomic E-state index is -0.283. The lowest BCUT2D eigenvalue weighted by molar-refractivity contribution is -0.123. The van der Waals surface area contributed by atoms with Crippen molar-refractivity contribution in [3.05, 3.63) is 41.6 Å². The Balaban J connectivity index is 1.72. The van der Waals surface area contributed by atoms with Crippen LogP contribution in [0.25, 0.3) is 0 Å². The first-order chi connectivity index (χ1) is 12.0. The molecule has 1 amide bonds. The van der Waals surface area contributed by atoms with Crippen LogP contribution >= 0.6 is 0 Å². The first kappa shape index (κ1) is 17.4. The van der Waals surface area contributed by atoms with Gasteiger partial charge in [-0.2, -0.15) is 0 Å². The molecule has 2 N–H and O–H groups in total. The Morgan fingerprint density at radius 1 is 1.40 bits per heavy atom. The van der Waals surface area contributed by atoms with Gasteiger partial charge in [0.2, 0.25) is 11.8 Å². The minimum absolute atomic E-state index is 0.0808. The number of carbonyl (C=O) groups excluding carboxylic acids is 1. The van der Waals surface area contributed by atoms with E-state index in [2.05, 4.69) is 15.3 Å². The molecule has 7 heteroatoms. The number of carbonyl (C=O) groups is 1. The summed E-state index contributed by atoms with van der Waals surface area (Å²) in [5.74, 6) is 0.662. The maximum Gasteiger partial charge on any atom is 0.240 e. The van der Waals surface area contributed by atoms with E-state index in [1.54, 1.807) is 25.7 Å². The van der Waals surface area contributed by atoms with Crippen LogP contribution in [-0.2, 0) is 11.3 Å². The van der Waals surface area contributed by atoms with E-state index >= 15 is 0 Å². The number of methoxy groups -OCH3 is 1. The minimum Gasteiger partial charge on any atom is -0.481 e. The van der Waals surface area contributed by atoms with Crippen molar-refractivity contribution in [2.45, 2.75) is 45.4 Å². The summed E-state index contributed by atoms with van der Waals surface area (Å²) in [6.45, 7) is 4.09. The largest absolute Gasteiger partial charge is 0.481 e. The van der Waals surface area contributed by atoms with E-state index in [4.69, 9.17) is 4.74 Å². The molecule has 1 saturated carbocycles. The number of aliphatic hydroxyl groups excluding tert-OH is 1. The van der Waals surface area contributed by atoms with Crippen LogP contribution in [0.15, 0.2) is 24.7 Å². The SMILES string of the molecule is COc1ccc([C@H](NC(=O)Cn2cnc(C)c2C)C2CC(O)C2)cn1. The highest BCUT2D eigenvalue weighted by molar-refractivity contribution is 5.76. The number of aromatic nitrogens is 3. The van der Waals surface area contributed by atoms with Crippen LogP contribution in [0.4, 0.5) is 0 Å². The van der Waals surface area contributed by atoms with Crippen molar-refractivity contribution in [2.24, 2.45) is 5.92 Å². The molecule has 2 aromatic rings. The summed E-state index contributed by atoms with van der Waals surface area (Å²) in [5, 5.41) is 12.7. The van der Waals surface area contributed by atoms with Gasteiger partial charge in [-0.1, -0.05) is 6.07 Å². The molecule has 0 aliphatic heterocycles. The molecule has 7 nitrogen and oxygen atoms in total. The molecular formula is C18H24N4O3. The number of hydrogen-bond donors (Lipinski definition) is 2. The number of rotatable bonds is 6. The van der Waals surface area contributed by atoms with Crippen LogP contribution in [0.1, 0.15) is 35.8 Å². The van der Waals surface area contributed by atoms with E-state index < -0.39 is 0 Å². The fourth-order valence-electron chi connectivity index (χ4n) is 3.15. The van der Waals surface area contributed by atoms with E-state index in [1.807, 2.05) is 24.5 Å². The zero-order chi connectivity index (χ0) is 18.0. The second-order valence-electron chi connectivity index (χ2n) is 6.61. The van der Waals surface area contributed by atoms with Gasteiger partial charge in [-0.3, -0.25) is 4.79 Å². The molecule has 0 unspecified atom stereocenters. The predicted octanol–water partition coefficient (Wildman–Crippen LogP) is 1.53. The molecule has 0 saturated heterocycles. The molecule has 1 atom stereocenters. The highest BCUT2D eigenvalue weighted by Crippen LogP contribution is 2.38. The average Bonchev–Trinajstić information content (AvgIpc) is 2.89. The molecule has 1 aliphatic rings. The zero-order valence-corrected chi connectivity index (χ0v) is 14.8. The van der Waals surface area contributed by atoms with Crippen LogP contribution in [0.5, 0.6) is 5.88 Å².